The van der Waals surface area contributed by atoms with E-state index in [2.05, 4.69) is 244 Å². The van der Waals surface area contributed by atoms with E-state index in [1.807, 2.05) is 0 Å². The van der Waals surface area contributed by atoms with Crippen molar-refractivity contribution < 1.29 is 0 Å². The molecule has 4 aliphatic heterocycles. The van der Waals surface area contributed by atoms with Gasteiger partial charge in [-0.2, -0.15) is 0 Å². The van der Waals surface area contributed by atoms with Crippen molar-refractivity contribution in [3.8, 4) is 11.1 Å². The van der Waals surface area contributed by atoms with Crippen LogP contribution < -0.4 is 31.1 Å². The summed E-state index contributed by atoms with van der Waals surface area (Å²) in [5.41, 5.74) is 25.2. The van der Waals surface area contributed by atoms with Crippen molar-refractivity contribution in [2.45, 2.75) is 148 Å². The highest BCUT2D eigenvalue weighted by Crippen LogP contribution is 2.62. The number of hydrogen-bond donors (Lipinski definition) is 0. The Morgan fingerprint density at radius 1 is 0.420 bits per heavy atom. The van der Waals surface area contributed by atoms with Crippen LogP contribution in [-0.2, 0) is 27.1 Å². The highest BCUT2D eigenvalue weighted by molar-refractivity contribution is 7.01. The van der Waals surface area contributed by atoms with E-state index in [4.69, 9.17) is 0 Å². The molecule has 69 heavy (non-hydrogen) atoms. The molecule has 4 heterocycles. The third-order valence-corrected chi connectivity index (χ3v) is 17.9. The number of anilines is 8. The lowest BCUT2D eigenvalue weighted by atomic mass is 9.28. The van der Waals surface area contributed by atoms with Gasteiger partial charge in [0.25, 0.3) is 6.71 Å². The van der Waals surface area contributed by atoms with Gasteiger partial charge in [-0.25, -0.2) is 0 Å². The molecule has 7 aromatic carbocycles. The van der Waals surface area contributed by atoms with Crippen molar-refractivity contribution in [1.82, 2.24) is 0 Å². The average molecular weight is 904 g/mol. The molecule has 1 aliphatic carbocycles. The Balaban J connectivity index is 1.20. The summed E-state index contributed by atoms with van der Waals surface area (Å²) >= 11 is 0. The van der Waals surface area contributed by atoms with Crippen LogP contribution in [0.25, 0.3) is 11.1 Å². The van der Waals surface area contributed by atoms with Gasteiger partial charge in [-0.1, -0.05) is 187 Å². The topological polar surface area (TPSA) is 9.72 Å². The Labute approximate surface area is 413 Å². The van der Waals surface area contributed by atoms with Crippen LogP contribution in [0, 0.1) is 0 Å². The van der Waals surface area contributed by atoms with Gasteiger partial charge >= 0.3 is 0 Å². The minimum Gasteiger partial charge on any atom is -0.334 e. The first-order valence-corrected chi connectivity index (χ1v) is 25.9. The van der Waals surface area contributed by atoms with Crippen molar-refractivity contribution in [2.24, 2.45) is 0 Å². The van der Waals surface area contributed by atoms with Crippen LogP contribution in [0.2, 0.25) is 0 Å². The quantitative estimate of drug-likeness (QED) is 0.163. The van der Waals surface area contributed by atoms with Crippen LogP contribution >= 0.6 is 0 Å². The van der Waals surface area contributed by atoms with Crippen molar-refractivity contribution in [1.29, 1.82) is 0 Å². The fraction of sp³-hybridized carbons (Fsp3) is 0.354. The summed E-state index contributed by atoms with van der Waals surface area (Å²) in [5.74, 6) is 0. The lowest BCUT2D eigenvalue weighted by Crippen LogP contribution is -2.67. The maximum atomic E-state index is 2.82. The molecule has 3 nitrogen and oxygen atoms in total. The summed E-state index contributed by atoms with van der Waals surface area (Å²) in [5, 5.41) is 0. The lowest BCUT2D eigenvalue weighted by Gasteiger charge is -2.52. The van der Waals surface area contributed by atoms with Gasteiger partial charge in [0.2, 0.25) is 0 Å². The highest BCUT2D eigenvalue weighted by atomic mass is 15.3. The molecule has 7 aromatic rings. The van der Waals surface area contributed by atoms with E-state index in [9.17, 15) is 0 Å². The highest BCUT2D eigenvalue weighted by Gasteiger charge is 2.59. The van der Waals surface area contributed by atoms with Gasteiger partial charge in [-0.3, -0.25) is 0 Å². The zero-order valence-electron chi connectivity index (χ0n) is 43.5. The zero-order valence-corrected chi connectivity index (χ0v) is 43.5. The minimum absolute atomic E-state index is 0.0130. The Kier molecular flexibility index (Phi) is 9.32. The van der Waals surface area contributed by atoms with E-state index < -0.39 is 0 Å². The van der Waals surface area contributed by atoms with Crippen LogP contribution in [0.4, 0.5) is 45.5 Å². The van der Waals surface area contributed by atoms with Crippen LogP contribution in [0.1, 0.15) is 149 Å². The van der Waals surface area contributed by atoms with Crippen LogP contribution in [0.15, 0.2) is 140 Å². The standard InChI is InChI=1S/C65H70BN3/c1-60(2,3)42-28-26-41(27-29-42)47-20-14-15-23-51(47)68-54-25-19-22-49-58(54)66-57-48(63(49,10)11)21-18-24-53(57)67(45-33-30-43(31-34-45)61(4,5)6)55-39-46(40-56(68)59(55)66)69-52-35-32-44(62(7,8)9)38-50(52)64(12)36-16-17-37-65(64,69)13/h14-15,18-35,38-40H,16-17,36-37H2,1-13H3. The monoisotopic (exact) mass is 904 g/mol. The van der Waals surface area contributed by atoms with Crippen molar-refractivity contribution in [2.75, 3.05) is 14.7 Å². The van der Waals surface area contributed by atoms with Gasteiger partial charge in [0.05, 0.1) is 11.2 Å². The average Bonchev–Trinajstić information content (AvgIpc) is 3.52. The van der Waals surface area contributed by atoms with Crippen LogP contribution in [-0.4, -0.2) is 12.3 Å². The molecule has 0 amide bonds. The SMILES string of the molecule is CC(C)(C)c1ccc(-c2ccccc2N2c3cc(N4c5ccc(C(C)(C)C)cc5C5(C)CCCCC45C)cc4c3B3c5c(cccc5C(C)(C)c5cccc2c53)N4c2ccc(C(C)(C)C)cc2)cc1. The summed E-state index contributed by atoms with van der Waals surface area (Å²) in [4.78, 5) is 8.15. The molecule has 0 N–H and O–H groups in total. The number of benzene rings is 7. The molecule has 1 fully saturated rings. The molecule has 0 saturated heterocycles. The minimum atomic E-state index is -0.219. The molecule has 0 radical (unpaired) electrons. The van der Waals surface area contributed by atoms with E-state index in [1.54, 1.807) is 0 Å². The van der Waals surface area contributed by atoms with E-state index >= 15 is 0 Å². The molecular formula is C65H70BN3. The number of nitrogens with zero attached hydrogens (tertiary/aromatic N) is 3. The second-order valence-corrected chi connectivity index (χ2v) is 25.4. The van der Waals surface area contributed by atoms with E-state index in [1.165, 1.54) is 126 Å². The number of rotatable bonds is 4. The van der Waals surface area contributed by atoms with E-state index in [-0.39, 0.29) is 39.3 Å². The molecule has 2 unspecified atom stereocenters. The van der Waals surface area contributed by atoms with Gasteiger partial charge < -0.3 is 14.7 Å². The molecule has 12 rings (SSSR count). The largest absolute Gasteiger partial charge is 0.334 e. The van der Waals surface area contributed by atoms with E-state index in [0.717, 1.165) is 6.42 Å². The zero-order chi connectivity index (χ0) is 48.4. The Morgan fingerprint density at radius 3 is 1.55 bits per heavy atom. The maximum absolute atomic E-state index is 2.82. The summed E-state index contributed by atoms with van der Waals surface area (Å²) in [6.07, 6.45) is 4.80. The van der Waals surface area contributed by atoms with Crippen molar-refractivity contribution in [3.63, 3.8) is 0 Å². The molecule has 0 spiro atoms. The molecule has 2 atom stereocenters. The predicted molar refractivity (Wildman–Crippen MR) is 297 cm³/mol. The van der Waals surface area contributed by atoms with Gasteiger partial charge in [0.1, 0.15) is 0 Å². The molecule has 348 valence electrons. The normalized spacial score (nSPS) is 20.7. The van der Waals surface area contributed by atoms with Gasteiger partial charge in [0, 0.05) is 56.2 Å². The molecule has 5 aliphatic rings. The Bertz CT molecular complexity index is 3250. The Morgan fingerprint density at radius 2 is 0.942 bits per heavy atom. The summed E-state index contributed by atoms with van der Waals surface area (Å²) in [6.45, 7) is 31.2. The smallest absolute Gasteiger partial charge is 0.252 e. The molecular weight excluding hydrogens is 834 g/mol. The summed E-state index contributed by atoms with van der Waals surface area (Å²) < 4.78 is 0. The molecule has 0 aromatic heterocycles. The van der Waals surface area contributed by atoms with Gasteiger partial charge in [0.15, 0.2) is 0 Å². The second kappa shape index (κ2) is 14.5. The summed E-state index contributed by atoms with van der Waals surface area (Å²) in [6, 6.07) is 55.2. The van der Waals surface area contributed by atoms with Crippen LogP contribution in [0.3, 0.4) is 0 Å². The van der Waals surface area contributed by atoms with E-state index in [0.29, 0.717) is 0 Å². The molecule has 1 saturated carbocycles. The molecule has 0 bridgehead atoms. The maximum Gasteiger partial charge on any atom is 0.252 e. The van der Waals surface area contributed by atoms with Crippen LogP contribution in [0.5, 0.6) is 0 Å². The number of fused-ring (bicyclic) bond motifs is 3. The predicted octanol–water partition coefficient (Wildman–Crippen LogP) is 15.7. The summed E-state index contributed by atoms with van der Waals surface area (Å²) in [7, 11) is 0. The third kappa shape index (κ3) is 6.18. The Hall–Kier alpha value is -6.00. The van der Waals surface area contributed by atoms with Gasteiger partial charge in [-0.15, -0.1) is 0 Å². The second-order valence-electron chi connectivity index (χ2n) is 25.4. The first kappa shape index (κ1) is 44.2. The molecule has 4 heteroatoms. The third-order valence-electron chi connectivity index (χ3n) is 17.9. The lowest BCUT2D eigenvalue weighted by molar-refractivity contribution is 0.195. The number of hydrogen-bond acceptors (Lipinski definition) is 3. The number of para-hydroxylation sites is 1. The fourth-order valence-electron chi connectivity index (χ4n) is 13.8. The fourth-order valence-corrected chi connectivity index (χ4v) is 13.8. The van der Waals surface area contributed by atoms with Crippen molar-refractivity contribution in [3.05, 3.63) is 173 Å². The van der Waals surface area contributed by atoms with Gasteiger partial charge in [-0.05, 0) is 140 Å². The van der Waals surface area contributed by atoms with Crippen molar-refractivity contribution >= 4 is 68.6 Å². The first-order chi connectivity index (χ1) is 32.6. The first-order valence-electron chi connectivity index (χ1n) is 25.9.